The Bertz CT molecular complexity index is 569. The molecule has 1 aromatic heterocycles. The third-order valence-electron chi connectivity index (χ3n) is 5.58. The first kappa shape index (κ1) is 19.1. The molecule has 2 amide bonds. The lowest BCUT2D eigenvalue weighted by Gasteiger charge is -2.38. The zero-order chi connectivity index (χ0) is 18.4. The molecule has 3 rings (SSSR count). The number of likely N-dealkylation sites (tertiary alicyclic amines) is 1. The maximum absolute atomic E-state index is 12.4. The summed E-state index contributed by atoms with van der Waals surface area (Å²) in [5.74, 6) is 0. The van der Waals surface area contributed by atoms with Gasteiger partial charge in [-0.2, -0.15) is 0 Å². The summed E-state index contributed by atoms with van der Waals surface area (Å²) in [6.45, 7) is 7.50. The number of nitrogens with one attached hydrogen (secondary N) is 1. The number of carbonyl (C=O) groups is 1. The van der Waals surface area contributed by atoms with E-state index in [0.717, 1.165) is 38.3 Å². The molecule has 1 atom stereocenters. The molecule has 0 spiro atoms. The molecule has 0 aliphatic carbocycles. The van der Waals surface area contributed by atoms with E-state index in [4.69, 9.17) is 4.74 Å². The first-order chi connectivity index (χ1) is 12.6. The number of amides is 2. The SMILES string of the molecule is CC(CCNC(=O)N1CCC(O)(c2cccnc2)CC1)N1CCOCC1. The number of carbonyl (C=O) groups excluding carboxylic acids is 1. The van der Waals surface area contributed by atoms with Gasteiger partial charge in [0.25, 0.3) is 0 Å². The molecule has 1 aromatic rings. The van der Waals surface area contributed by atoms with Gasteiger partial charge >= 0.3 is 6.03 Å². The van der Waals surface area contributed by atoms with Crippen molar-refractivity contribution in [3.8, 4) is 0 Å². The third kappa shape index (κ3) is 4.72. The van der Waals surface area contributed by atoms with E-state index in [1.807, 2.05) is 12.1 Å². The van der Waals surface area contributed by atoms with Crippen LogP contribution in [0.25, 0.3) is 0 Å². The number of urea groups is 1. The Kier molecular flexibility index (Phi) is 6.45. The molecule has 144 valence electrons. The van der Waals surface area contributed by atoms with Crippen molar-refractivity contribution in [2.24, 2.45) is 0 Å². The summed E-state index contributed by atoms with van der Waals surface area (Å²) in [7, 11) is 0. The van der Waals surface area contributed by atoms with E-state index in [1.54, 1.807) is 17.3 Å². The topological polar surface area (TPSA) is 77.9 Å². The second-order valence-electron chi connectivity index (χ2n) is 7.28. The Hall–Kier alpha value is -1.70. The molecule has 0 radical (unpaired) electrons. The van der Waals surface area contributed by atoms with Gasteiger partial charge in [-0.05, 0) is 32.3 Å². The van der Waals surface area contributed by atoms with E-state index in [2.05, 4.69) is 22.1 Å². The maximum Gasteiger partial charge on any atom is 0.317 e. The number of nitrogens with zero attached hydrogens (tertiary/aromatic N) is 3. The van der Waals surface area contributed by atoms with Crippen molar-refractivity contribution in [1.29, 1.82) is 0 Å². The number of hydrogen-bond acceptors (Lipinski definition) is 5. The normalized spacial score (nSPS) is 22.0. The minimum absolute atomic E-state index is 0.0348. The van der Waals surface area contributed by atoms with Gasteiger partial charge in [0.2, 0.25) is 0 Å². The summed E-state index contributed by atoms with van der Waals surface area (Å²) in [5.41, 5.74) is -0.0463. The lowest BCUT2D eigenvalue weighted by atomic mass is 9.85. The first-order valence-electron chi connectivity index (χ1n) is 9.56. The lowest BCUT2D eigenvalue weighted by Crippen LogP contribution is -2.49. The van der Waals surface area contributed by atoms with Gasteiger partial charge in [0, 0.05) is 56.7 Å². The van der Waals surface area contributed by atoms with E-state index in [-0.39, 0.29) is 6.03 Å². The standard InChI is InChI=1S/C19H30N4O3/c1-16(22-11-13-26-14-12-22)4-8-21-18(24)23-9-5-19(25,6-10-23)17-3-2-7-20-15-17/h2-3,7,15-16,25H,4-6,8-14H2,1H3,(H,21,24). The van der Waals surface area contributed by atoms with Crippen molar-refractivity contribution in [3.63, 3.8) is 0 Å². The molecule has 1 unspecified atom stereocenters. The summed E-state index contributed by atoms with van der Waals surface area (Å²) in [6.07, 6.45) is 5.42. The maximum atomic E-state index is 12.4. The average molecular weight is 362 g/mol. The van der Waals surface area contributed by atoms with Crippen LogP contribution in [-0.4, -0.2) is 77.9 Å². The molecule has 0 aromatic carbocycles. The summed E-state index contributed by atoms with van der Waals surface area (Å²) < 4.78 is 5.38. The van der Waals surface area contributed by atoms with Gasteiger partial charge in [0.15, 0.2) is 0 Å². The zero-order valence-electron chi connectivity index (χ0n) is 15.6. The van der Waals surface area contributed by atoms with Gasteiger partial charge in [-0.15, -0.1) is 0 Å². The molecule has 26 heavy (non-hydrogen) atoms. The number of pyridine rings is 1. The van der Waals surface area contributed by atoms with E-state index < -0.39 is 5.60 Å². The minimum Gasteiger partial charge on any atom is -0.385 e. The second-order valence-corrected chi connectivity index (χ2v) is 7.28. The Labute approximate surface area is 155 Å². The smallest absolute Gasteiger partial charge is 0.317 e. The molecule has 3 heterocycles. The van der Waals surface area contributed by atoms with Crippen LogP contribution in [-0.2, 0) is 10.3 Å². The minimum atomic E-state index is -0.879. The summed E-state index contributed by atoms with van der Waals surface area (Å²) in [6, 6.07) is 4.14. The van der Waals surface area contributed by atoms with Crippen molar-refractivity contribution in [3.05, 3.63) is 30.1 Å². The van der Waals surface area contributed by atoms with Gasteiger partial charge in [-0.1, -0.05) is 6.07 Å². The highest BCUT2D eigenvalue weighted by molar-refractivity contribution is 5.74. The summed E-state index contributed by atoms with van der Waals surface area (Å²) in [4.78, 5) is 20.7. The van der Waals surface area contributed by atoms with Gasteiger partial charge in [0.1, 0.15) is 0 Å². The zero-order valence-corrected chi connectivity index (χ0v) is 15.6. The number of hydrogen-bond donors (Lipinski definition) is 2. The lowest BCUT2D eigenvalue weighted by molar-refractivity contribution is -0.0171. The first-order valence-corrected chi connectivity index (χ1v) is 9.56. The van der Waals surface area contributed by atoms with Crippen LogP contribution >= 0.6 is 0 Å². The third-order valence-corrected chi connectivity index (χ3v) is 5.58. The summed E-state index contributed by atoms with van der Waals surface area (Å²) >= 11 is 0. The van der Waals surface area contributed by atoms with Crippen molar-refractivity contribution in [2.75, 3.05) is 45.9 Å². The second kappa shape index (κ2) is 8.79. The highest BCUT2D eigenvalue weighted by atomic mass is 16.5. The Morgan fingerprint density at radius 3 is 2.73 bits per heavy atom. The van der Waals surface area contributed by atoms with Gasteiger partial charge in [0.05, 0.1) is 18.8 Å². The number of piperidine rings is 1. The molecule has 2 aliphatic rings. The number of morpholine rings is 1. The van der Waals surface area contributed by atoms with E-state index in [1.165, 1.54) is 0 Å². The van der Waals surface area contributed by atoms with Crippen molar-refractivity contribution in [1.82, 2.24) is 20.1 Å². The molecule has 2 saturated heterocycles. The van der Waals surface area contributed by atoms with Crippen LogP contribution in [0.3, 0.4) is 0 Å². The Balaban J connectivity index is 1.40. The fourth-order valence-corrected chi connectivity index (χ4v) is 3.71. The molecule has 0 saturated carbocycles. The number of rotatable bonds is 5. The average Bonchev–Trinajstić information content (AvgIpc) is 2.69. The van der Waals surface area contributed by atoms with E-state index >= 15 is 0 Å². The number of ether oxygens (including phenoxy) is 1. The van der Waals surface area contributed by atoms with Crippen LogP contribution in [0, 0.1) is 0 Å². The molecule has 0 bridgehead atoms. The molecule has 7 nitrogen and oxygen atoms in total. The number of aliphatic hydroxyl groups is 1. The molecule has 2 N–H and O–H groups in total. The predicted octanol–water partition coefficient (Wildman–Crippen LogP) is 1.19. The van der Waals surface area contributed by atoms with E-state index in [9.17, 15) is 9.90 Å². The van der Waals surface area contributed by atoms with Gasteiger partial charge < -0.3 is 20.1 Å². The highest BCUT2D eigenvalue weighted by Crippen LogP contribution is 2.32. The van der Waals surface area contributed by atoms with Crippen LogP contribution in [0.15, 0.2) is 24.5 Å². The Morgan fingerprint density at radius 2 is 2.08 bits per heavy atom. The predicted molar refractivity (Wildman–Crippen MR) is 98.8 cm³/mol. The van der Waals surface area contributed by atoms with Crippen molar-refractivity contribution >= 4 is 6.03 Å². The van der Waals surface area contributed by atoms with Crippen LogP contribution in [0.4, 0.5) is 4.79 Å². The Morgan fingerprint density at radius 1 is 1.35 bits per heavy atom. The quantitative estimate of drug-likeness (QED) is 0.823. The summed E-state index contributed by atoms with van der Waals surface area (Å²) in [5, 5.41) is 13.8. The van der Waals surface area contributed by atoms with Crippen LogP contribution in [0.2, 0.25) is 0 Å². The molecule has 7 heteroatoms. The highest BCUT2D eigenvalue weighted by Gasteiger charge is 2.35. The van der Waals surface area contributed by atoms with Crippen LogP contribution < -0.4 is 5.32 Å². The monoisotopic (exact) mass is 362 g/mol. The van der Waals surface area contributed by atoms with Crippen molar-refractivity contribution in [2.45, 2.75) is 37.8 Å². The van der Waals surface area contributed by atoms with Crippen LogP contribution in [0.5, 0.6) is 0 Å². The van der Waals surface area contributed by atoms with Crippen LogP contribution in [0.1, 0.15) is 31.7 Å². The molecule has 2 aliphatic heterocycles. The van der Waals surface area contributed by atoms with Gasteiger partial charge in [-0.25, -0.2) is 4.79 Å². The number of aromatic nitrogens is 1. The van der Waals surface area contributed by atoms with Gasteiger partial charge in [-0.3, -0.25) is 9.88 Å². The fourth-order valence-electron chi connectivity index (χ4n) is 3.71. The fraction of sp³-hybridized carbons (Fsp3) is 0.684. The largest absolute Gasteiger partial charge is 0.385 e. The molecule has 2 fully saturated rings. The van der Waals surface area contributed by atoms with E-state index in [0.29, 0.717) is 38.5 Å². The molecular formula is C19H30N4O3. The molecular weight excluding hydrogens is 332 g/mol. The van der Waals surface area contributed by atoms with Crippen molar-refractivity contribution < 1.29 is 14.6 Å².